The number of anilines is 1. The summed E-state index contributed by atoms with van der Waals surface area (Å²) in [6.45, 7) is 9.58. The molecule has 0 spiro atoms. The second-order valence-corrected chi connectivity index (χ2v) is 5.93. The SMILES string of the molecule is CC(CNCC(=O)Nc1ccccc1F)C(C)(C)C. The van der Waals surface area contributed by atoms with Gasteiger partial charge in [-0.25, -0.2) is 4.39 Å². The molecule has 0 heterocycles. The maximum Gasteiger partial charge on any atom is 0.238 e. The van der Waals surface area contributed by atoms with Crippen LogP contribution in [-0.4, -0.2) is 19.0 Å². The van der Waals surface area contributed by atoms with Crippen molar-refractivity contribution in [3.05, 3.63) is 30.1 Å². The van der Waals surface area contributed by atoms with Crippen LogP contribution < -0.4 is 10.6 Å². The molecule has 0 aromatic heterocycles. The van der Waals surface area contributed by atoms with E-state index in [-0.39, 0.29) is 23.6 Å². The van der Waals surface area contributed by atoms with Gasteiger partial charge in [-0.3, -0.25) is 4.79 Å². The Kier molecular flexibility index (Phi) is 5.48. The maximum absolute atomic E-state index is 13.3. The van der Waals surface area contributed by atoms with E-state index in [1.54, 1.807) is 18.2 Å². The van der Waals surface area contributed by atoms with Gasteiger partial charge in [0.2, 0.25) is 5.91 Å². The van der Waals surface area contributed by atoms with Crippen LogP contribution >= 0.6 is 0 Å². The molecule has 0 saturated heterocycles. The summed E-state index contributed by atoms with van der Waals surface area (Å²) in [6.07, 6.45) is 0. The molecule has 0 radical (unpaired) electrons. The van der Waals surface area contributed by atoms with Crippen LogP contribution in [0.3, 0.4) is 0 Å². The Balaban J connectivity index is 2.35. The van der Waals surface area contributed by atoms with Crippen molar-refractivity contribution in [2.45, 2.75) is 27.7 Å². The number of rotatable bonds is 5. The van der Waals surface area contributed by atoms with Gasteiger partial charge in [-0.15, -0.1) is 0 Å². The number of hydrogen-bond acceptors (Lipinski definition) is 2. The standard InChI is InChI=1S/C15H23FN2O/c1-11(15(2,3)4)9-17-10-14(19)18-13-8-6-5-7-12(13)16/h5-8,11,17H,9-10H2,1-4H3,(H,18,19). The predicted molar refractivity (Wildman–Crippen MR) is 76.5 cm³/mol. The zero-order valence-corrected chi connectivity index (χ0v) is 12.1. The van der Waals surface area contributed by atoms with Gasteiger partial charge in [0.05, 0.1) is 12.2 Å². The summed E-state index contributed by atoms with van der Waals surface area (Å²) in [6, 6.07) is 6.15. The first-order valence-corrected chi connectivity index (χ1v) is 6.56. The van der Waals surface area contributed by atoms with Gasteiger partial charge in [0.25, 0.3) is 0 Å². The first-order valence-electron chi connectivity index (χ1n) is 6.56. The van der Waals surface area contributed by atoms with E-state index in [2.05, 4.69) is 38.3 Å². The average Bonchev–Trinajstić information content (AvgIpc) is 2.31. The molecule has 2 N–H and O–H groups in total. The van der Waals surface area contributed by atoms with E-state index in [0.717, 1.165) is 6.54 Å². The molecule has 3 nitrogen and oxygen atoms in total. The summed E-state index contributed by atoms with van der Waals surface area (Å²) in [7, 11) is 0. The second kappa shape index (κ2) is 6.66. The first kappa shape index (κ1) is 15.6. The fourth-order valence-corrected chi connectivity index (χ4v) is 1.47. The first-order chi connectivity index (χ1) is 8.80. The van der Waals surface area contributed by atoms with Crippen LogP contribution in [0.2, 0.25) is 0 Å². The Labute approximate surface area is 114 Å². The molecule has 1 atom stereocenters. The van der Waals surface area contributed by atoms with E-state index in [9.17, 15) is 9.18 Å². The van der Waals surface area contributed by atoms with Crippen LogP contribution in [0, 0.1) is 17.2 Å². The molecular weight excluding hydrogens is 243 g/mol. The molecule has 1 unspecified atom stereocenters. The number of carbonyl (C=O) groups is 1. The maximum atomic E-state index is 13.3. The minimum absolute atomic E-state index is 0.189. The minimum Gasteiger partial charge on any atom is -0.322 e. The van der Waals surface area contributed by atoms with Gasteiger partial charge < -0.3 is 10.6 Å². The van der Waals surface area contributed by atoms with Crippen molar-refractivity contribution >= 4 is 11.6 Å². The van der Waals surface area contributed by atoms with Crippen molar-refractivity contribution in [1.29, 1.82) is 0 Å². The molecule has 0 bridgehead atoms. The minimum atomic E-state index is -0.418. The summed E-state index contributed by atoms with van der Waals surface area (Å²) >= 11 is 0. The van der Waals surface area contributed by atoms with E-state index < -0.39 is 5.82 Å². The zero-order valence-electron chi connectivity index (χ0n) is 12.1. The fraction of sp³-hybridized carbons (Fsp3) is 0.533. The quantitative estimate of drug-likeness (QED) is 0.860. The van der Waals surface area contributed by atoms with Gasteiger partial charge in [-0.1, -0.05) is 39.8 Å². The normalized spacial score (nSPS) is 13.1. The highest BCUT2D eigenvalue weighted by molar-refractivity contribution is 5.92. The van der Waals surface area contributed by atoms with Crippen LogP contribution in [0.25, 0.3) is 0 Å². The van der Waals surface area contributed by atoms with Crippen LogP contribution in [-0.2, 0) is 4.79 Å². The van der Waals surface area contributed by atoms with Crippen molar-refractivity contribution in [2.75, 3.05) is 18.4 Å². The molecule has 4 heteroatoms. The molecule has 0 saturated carbocycles. The molecule has 106 valence electrons. The topological polar surface area (TPSA) is 41.1 Å². The number of halogens is 1. The van der Waals surface area contributed by atoms with E-state index in [1.165, 1.54) is 6.07 Å². The van der Waals surface area contributed by atoms with Crippen molar-refractivity contribution in [1.82, 2.24) is 5.32 Å². The number of amides is 1. The number of para-hydroxylation sites is 1. The summed E-state index contributed by atoms with van der Waals surface area (Å²) in [5.74, 6) is -0.195. The highest BCUT2D eigenvalue weighted by atomic mass is 19.1. The number of nitrogens with one attached hydrogen (secondary N) is 2. The van der Waals surface area contributed by atoms with Crippen LogP contribution in [0.15, 0.2) is 24.3 Å². The van der Waals surface area contributed by atoms with Crippen LogP contribution in [0.4, 0.5) is 10.1 Å². The fourth-order valence-electron chi connectivity index (χ4n) is 1.47. The summed E-state index contributed by atoms with van der Waals surface area (Å²) in [4.78, 5) is 11.7. The van der Waals surface area contributed by atoms with E-state index in [0.29, 0.717) is 5.92 Å². The lowest BCUT2D eigenvalue weighted by Crippen LogP contribution is -2.35. The summed E-state index contributed by atoms with van der Waals surface area (Å²) < 4.78 is 13.3. The van der Waals surface area contributed by atoms with Crippen molar-refractivity contribution in [2.24, 2.45) is 11.3 Å². The lowest BCUT2D eigenvalue weighted by molar-refractivity contribution is -0.115. The van der Waals surface area contributed by atoms with E-state index >= 15 is 0 Å². The highest BCUT2D eigenvalue weighted by Gasteiger charge is 2.19. The van der Waals surface area contributed by atoms with Crippen LogP contribution in [0.5, 0.6) is 0 Å². The Hall–Kier alpha value is -1.42. The molecule has 1 amide bonds. The predicted octanol–water partition coefficient (Wildman–Crippen LogP) is 3.04. The lowest BCUT2D eigenvalue weighted by atomic mass is 9.82. The van der Waals surface area contributed by atoms with E-state index in [1.807, 2.05) is 0 Å². The smallest absolute Gasteiger partial charge is 0.238 e. The van der Waals surface area contributed by atoms with Gasteiger partial charge in [0.15, 0.2) is 0 Å². The molecule has 19 heavy (non-hydrogen) atoms. The highest BCUT2D eigenvalue weighted by Crippen LogP contribution is 2.24. The van der Waals surface area contributed by atoms with Crippen molar-refractivity contribution in [3.8, 4) is 0 Å². The molecule has 1 rings (SSSR count). The third-order valence-corrected chi connectivity index (χ3v) is 3.36. The molecule has 0 aliphatic carbocycles. The van der Waals surface area contributed by atoms with Gasteiger partial charge >= 0.3 is 0 Å². The molecule has 0 fully saturated rings. The van der Waals surface area contributed by atoms with Gasteiger partial charge in [-0.05, 0) is 30.0 Å². The van der Waals surface area contributed by atoms with Crippen molar-refractivity contribution in [3.63, 3.8) is 0 Å². The molecule has 1 aromatic carbocycles. The summed E-state index contributed by atoms with van der Waals surface area (Å²) in [5.41, 5.74) is 0.424. The molecule has 1 aromatic rings. The summed E-state index contributed by atoms with van der Waals surface area (Å²) in [5, 5.41) is 5.64. The number of hydrogen-bond donors (Lipinski definition) is 2. The second-order valence-electron chi connectivity index (χ2n) is 5.93. The van der Waals surface area contributed by atoms with Crippen molar-refractivity contribution < 1.29 is 9.18 Å². The molecular formula is C15H23FN2O. The Morgan fingerprint density at radius 1 is 1.32 bits per heavy atom. The number of carbonyl (C=O) groups excluding carboxylic acids is 1. The monoisotopic (exact) mass is 266 g/mol. The zero-order chi connectivity index (χ0) is 14.5. The van der Waals surface area contributed by atoms with E-state index in [4.69, 9.17) is 0 Å². The number of benzene rings is 1. The Bertz CT molecular complexity index is 426. The van der Waals surface area contributed by atoms with Gasteiger partial charge in [0.1, 0.15) is 5.82 Å². The van der Waals surface area contributed by atoms with Gasteiger partial charge in [-0.2, -0.15) is 0 Å². The third-order valence-electron chi connectivity index (χ3n) is 3.36. The Morgan fingerprint density at radius 3 is 2.53 bits per heavy atom. The lowest BCUT2D eigenvalue weighted by Gasteiger charge is -2.27. The molecule has 0 aliphatic rings. The van der Waals surface area contributed by atoms with Crippen LogP contribution in [0.1, 0.15) is 27.7 Å². The van der Waals surface area contributed by atoms with Gasteiger partial charge in [0, 0.05) is 0 Å². The average molecular weight is 266 g/mol. The molecule has 0 aliphatic heterocycles. The Morgan fingerprint density at radius 2 is 1.95 bits per heavy atom. The largest absolute Gasteiger partial charge is 0.322 e. The third kappa shape index (κ3) is 5.39.